The Morgan fingerprint density at radius 2 is 2.22 bits per heavy atom. The SMILES string of the molecule is Cc1cc(C(=O)Nc2c(F)cccc2Cl)sc1Br. The van der Waals surface area contributed by atoms with E-state index < -0.39 is 5.82 Å². The van der Waals surface area contributed by atoms with Gasteiger partial charge < -0.3 is 5.32 Å². The maximum atomic E-state index is 13.5. The van der Waals surface area contributed by atoms with E-state index in [-0.39, 0.29) is 16.6 Å². The average molecular weight is 349 g/mol. The van der Waals surface area contributed by atoms with Crippen molar-refractivity contribution in [2.24, 2.45) is 0 Å². The molecule has 1 aromatic carbocycles. The van der Waals surface area contributed by atoms with Crippen molar-refractivity contribution in [3.8, 4) is 0 Å². The molecule has 0 spiro atoms. The number of carbonyl (C=O) groups is 1. The molecule has 0 aliphatic rings. The van der Waals surface area contributed by atoms with E-state index in [0.29, 0.717) is 4.88 Å². The van der Waals surface area contributed by atoms with Crippen molar-refractivity contribution in [2.45, 2.75) is 6.92 Å². The van der Waals surface area contributed by atoms with Crippen molar-refractivity contribution < 1.29 is 9.18 Å². The van der Waals surface area contributed by atoms with Gasteiger partial charge in [0.15, 0.2) is 0 Å². The van der Waals surface area contributed by atoms with Crippen LogP contribution in [0.3, 0.4) is 0 Å². The molecule has 1 N–H and O–H groups in total. The summed E-state index contributed by atoms with van der Waals surface area (Å²) < 4.78 is 14.4. The second kappa shape index (κ2) is 5.38. The number of para-hydroxylation sites is 1. The van der Waals surface area contributed by atoms with Crippen LogP contribution in [0.15, 0.2) is 28.1 Å². The third-order valence-electron chi connectivity index (χ3n) is 2.28. The van der Waals surface area contributed by atoms with Crippen LogP contribution in [-0.2, 0) is 0 Å². The van der Waals surface area contributed by atoms with E-state index in [1.54, 1.807) is 6.07 Å². The van der Waals surface area contributed by atoms with Crippen LogP contribution in [0.4, 0.5) is 10.1 Å². The fraction of sp³-hybridized carbons (Fsp3) is 0.0833. The molecule has 1 heterocycles. The summed E-state index contributed by atoms with van der Waals surface area (Å²) in [6, 6.07) is 5.99. The molecule has 0 unspecified atom stereocenters. The lowest BCUT2D eigenvalue weighted by Crippen LogP contribution is -2.11. The monoisotopic (exact) mass is 347 g/mol. The van der Waals surface area contributed by atoms with Gasteiger partial charge in [0, 0.05) is 0 Å². The molecule has 0 radical (unpaired) electrons. The van der Waals surface area contributed by atoms with Gasteiger partial charge in [-0.1, -0.05) is 17.7 Å². The number of rotatable bonds is 2. The first-order valence-corrected chi connectivity index (χ1v) is 6.99. The average Bonchev–Trinajstić information content (AvgIpc) is 2.64. The van der Waals surface area contributed by atoms with Crippen LogP contribution in [0, 0.1) is 12.7 Å². The molecule has 0 atom stereocenters. The standard InChI is InChI=1S/C12H8BrClFNOS/c1-6-5-9(18-11(6)13)12(17)16-10-7(14)3-2-4-8(10)15/h2-5H,1H3,(H,16,17). The fourth-order valence-corrected chi connectivity index (χ4v) is 3.00. The van der Waals surface area contributed by atoms with Gasteiger partial charge in [-0.3, -0.25) is 4.79 Å². The molecule has 0 saturated carbocycles. The zero-order chi connectivity index (χ0) is 13.3. The number of carbonyl (C=O) groups excluding carboxylic acids is 1. The third kappa shape index (κ3) is 2.74. The maximum Gasteiger partial charge on any atom is 0.265 e. The largest absolute Gasteiger partial charge is 0.318 e. The summed E-state index contributed by atoms with van der Waals surface area (Å²) in [5.41, 5.74) is 0.969. The van der Waals surface area contributed by atoms with Gasteiger partial charge in [0.05, 0.1) is 19.4 Å². The van der Waals surface area contributed by atoms with Crippen molar-refractivity contribution >= 4 is 50.5 Å². The van der Waals surface area contributed by atoms with E-state index in [0.717, 1.165) is 9.35 Å². The molecule has 6 heteroatoms. The number of thiophene rings is 1. The van der Waals surface area contributed by atoms with Crippen molar-refractivity contribution in [3.63, 3.8) is 0 Å². The second-order valence-electron chi connectivity index (χ2n) is 3.62. The van der Waals surface area contributed by atoms with Gasteiger partial charge in [0.2, 0.25) is 0 Å². The molecule has 2 nitrogen and oxygen atoms in total. The van der Waals surface area contributed by atoms with Gasteiger partial charge in [-0.25, -0.2) is 4.39 Å². The quantitative estimate of drug-likeness (QED) is 0.824. The third-order valence-corrected chi connectivity index (χ3v) is 4.73. The molecular formula is C12H8BrClFNOS. The lowest BCUT2D eigenvalue weighted by atomic mass is 10.3. The minimum Gasteiger partial charge on any atom is -0.318 e. The number of aryl methyl sites for hydroxylation is 1. The maximum absolute atomic E-state index is 13.5. The number of hydrogen-bond donors (Lipinski definition) is 1. The van der Waals surface area contributed by atoms with Crippen LogP contribution in [0.5, 0.6) is 0 Å². The van der Waals surface area contributed by atoms with Crippen LogP contribution >= 0.6 is 38.9 Å². The first-order chi connectivity index (χ1) is 8.49. The Labute approximate surface area is 121 Å². The predicted octanol–water partition coefficient (Wildman–Crippen LogP) is 4.86. The zero-order valence-electron chi connectivity index (χ0n) is 9.26. The second-order valence-corrected chi connectivity index (χ2v) is 6.40. The summed E-state index contributed by atoms with van der Waals surface area (Å²) in [6.07, 6.45) is 0. The fourth-order valence-electron chi connectivity index (χ4n) is 1.36. The first-order valence-electron chi connectivity index (χ1n) is 5.00. The minimum atomic E-state index is -0.553. The number of anilines is 1. The van der Waals surface area contributed by atoms with E-state index in [1.807, 2.05) is 6.92 Å². The summed E-state index contributed by atoms with van der Waals surface area (Å²) in [5, 5.41) is 2.66. The molecule has 2 aromatic rings. The molecule has 0 bridgehead atoms. The Morgan fingerprint density at radius 1 is 1.50 bits per heavy atom. The lowest BCUT2D eigenvalue weighted by Gasteiger charge is -2.06. The number of amides is 1. The summed E-state index contributed by atoms with van der Waals surface area (Å²) in [7, 11) is 0. The lowest BCUT2D eigenvalue weighted by molar-refractivity contribution is 0.103. The predicted molar refractivity (Wildman–Crippen MR) is 76.1 cm³/mol. The van der Waals surface area contributed by atoms with Gasteiger partial charge in [0.25, 0.3) is 5.91 Å². The number of halogens is 3. The summed E-state index contributed by atoms with van der Waals surface area (Å²) in [4.78, 5) is 12.4. The van der Waals surface area contributed by atoms with Crippen molar-refractivity contribution in [3.05, 3.63) is 49.3 Å². The molecule has 0 fully saturated rings. The van der Waals surface area contributed by atoms with Crippen LogP contribution < -0.4 is 5.32 Å². The van der Waals surface area contributed by atoms with E-state index in [1.165, 1.54) is 29.5 Å². The van der Waals surface area contributed by atoms with Crippen molar-refractivity contribution in [1.29, 1.82) is 0 Å². The highest BCUT2D eigenvalue weighted by Gasteiger charge is 2.15. The van der Waals surface area contributed by atoms with E-state index >= 15 is 0 Å². The Balaban J connectivity index is 2.27. The zero-order valence-corrected chi connectivity index (χ0v) is 12.4. The molecule has 2 rings (SSSR count). The van der Waals surface area contributed by atoms with Crippen LogP contribution in [-0.4, -0.2) is 5.91 Å². The molecule has 18 heavy (non-hydrogen) atoms. The molecule has 0 saturated heterocycles. The Morgan fingerprint density at radius 3 is 2.78 bits per heavy atom. The van der Waals surface area contributed by atoms with Crippen LogP contribution in [0.2, 0.25) is 5.02 Å². The summed E-state index contributed by atoms with van der Waals surface area (Å²) >= 11 is 10.5. The van der Waals surface area contributed by atoms with E-state index in [4.69, 9.17) is 11.6 Å². The van der Waals surface area contributed by atoms with Crippen molar-refractivity contribution in [1.82, 2.24) is 0 Å². The van der Waals surface area contributed by atoms with Crippen molar-refractivity contribution in [2.75, 3.05) is 5.32 Å². The van der Waals surface area contributed by atoms with Gasteiger partial charge in [0.1, 0.15) is 5.82 Å². The summed E-state index contributed by atoms with van der Waals surface area (Å²) in [6.45, 7) is 1.88. The highest BCUT2D eigenvalue weighted by Crippen LogP contribution is 2.29. The molecule has 94 valence electrons. The molecule has 1 aromatic heterocycles. The van der Waals surface area contributed by atoms with E-state index in [9.17, 15) is 9.18 Å². The Kier molecular flexibility index (Phi) is 4.04. The van der Waals surface area contributed by atoms with Gasteiger partial charge >= 0.3 is 0 Å². The van der Waals surface area contributed by atoms with Crippen LogP contribution in [0.25, 0.3) is 0 Å². The number of nitrogens with one attached hydrogen (secondary N) is 1. The highest BCUT2D eigenvalue weighted by atomic mass is 79.9. The number of hydrogen-bond acceptors (Lipinski definition) is 2. The minimum absolute atomic E-state index is 0.00587. The van der Waals surface area contributed by atoms with E-state index in [2.05, 4.69) is 21.2 Å². The molecule has 0 aliphatic heterocycles. The normalized spacial score (nSPS) is 10.4. The van der Waals surface area contributed by atoms with Gasteiger partial charge in [-0.05, 0) is 46.6 Å². The molecule has 1 amide bonds. The highest BCUT2D eigenvalue weighted by molar-refractivity contribution is 9.11. The van der Waals surface area contributed by atoms with Gasteiger partial charge in [-0.2, -0.15) is 0 Å². The Hall–Kier alpha value is -0.910. The summed E-state index contributed by atoms with van der Waals surface area (Å²) in [5.74, 6) is -0.927. The Bertz CT molecular complexity index is 574. The number of benzene rings is 1. The first kappa shape index (κ1) is 13.5. The smallest absolute Gasteiger partial charge is 0.265 e. The van der Waals surface area contributed by atoms with Crippen LogP contribution in [0.1, 0.15) is 15.2 Å². The molecular weight excluding hydrogens is 341 g/mol. The van der Waals surface area contributed by atoms with Gasteiger partial charge in [-0.15, -0.1) is 11.3 Å². The molecule has 0 aliphatic carbocycles. The topological polar surface area (TPSA) is 29.1 Å².